The zero-order valence-electron chi connectivity index (χ0n) is 19.6. The summed E-state index contributed by atoms with van der Waals surface area (Å²) in [6, 6.07) is 29.8. The normalized spacial score (nSPS) is 19.8. The lowest BCUT2D eigenvalue weighted by Crippen LogP contribution is -2.48. The monoisotopic (exact) mass is 444 g/mol. The topological polar surface area (TPSA) is 44.7 Å². The summed E-state index contributed by atoms with van der Waals surface area (Å²) in [5.74, 6) is 0.934. The van der Waals surface area contributed by atoms with E-state index in [1.165, 1.54) is 17.5 Å². The van der Waals surface area contributed by atoms with Crippen molar-refractivity contribution in [2.24, 2.45) is 0 Å². The van der Waals surface area contributed by atoms with Crippen LogP contribution in [-0.4, -0.2) is 36.2 Å². The number of piperidine rings is 1. The van der Waals surface area contributed by atoms with E-state index >= 15 is 0 Å². The Labute approximate surface area is 198 Å². The number of aliphatic hydroxyl groups is 1. The minimum Gasteiger partial charge on any atom is -0.496 e. The summed E-state index contributed by atoms with van der Waals surface area (Å²) >= 11 is 0. The van der Waals surface area contributed by atoms with Crippen LogP contribution in [0.15, 0.2) is 84.9 Å². The Bertz CT molecular complexity index is 964. The molecule has 1 unspecified atom stereocenters. The van der Waals surface area contributed by atoms with Gasteiger partial charge >= 0.3 is 0 Å². The van der Waals surface area contributed by atoms with E-state index in [1.807, 2.05) is 42.5 Å². The SMILES string of the molecule is COc1ccccc1CN[C@H]1CCCN(CCCC(O)c2ccccc2)[C@H]1c1ccccc1. The van der Waals surface area contributed by atoms with Crippen LogP contribution < -0.4 is 10.1 Å². The Kier molecular flexibility index (Phi) is 8.53. The predicted molar refractivity (Wildman–Crippen MR) is 134 cm³/mol. The fourth-order valence-corrected chi connectivity index (χ4v) is 5.04. The summed E-state index contributed by atoms with van der Waals surface area (Å²) in [7, 11) is 1.73. The first-order valence-corrected chi connectivity index (χ1v) is 12.1. The van der Waals surface area contributed by atoms with Gasteiger partial charge in [0.2, 0.25) is 0 Å². The van der Waals surface area contributed by atoms with E-state index in [-0.39, 0.29) is 0 Å². The second-order valence-electron chi connectivity index (χ2n) is 8.90. The number of hydrogen-bond donors (Lipinski definition) is 2. The maximum atomic E-state index is 10.6. The Morgan fingerprint density at radius 3 is 2.42 bits per heavy atom. The van der Waals surface area contributed by atoms with Gasteiger partial charge in [0.15, 0.2) is 0 Å². The van der Waals surface area contributed by atoms with Gasteiger partial charge in [-0.3, -0.25) is 4.90 Å². The molecule has 4 heteroatoms. The molecule has 3 aromatic carbocycles. The summed E-state index contributed by atoms with van der Waals surface area (Å²) in [6.45, 7) is 2.86. The molecule has 2 N–H and O–H groups in total. The molecule has 0 saturated carbocycles. The average molecular weight is 445 g/mol. The molecule has 1 saturated heterocycles. The maximum absolute atomic E-state index is 10.6. The zero-order valence-corrected chi connectivity index (χ0v) is 19.6. The smallest absolute Gasteiger partial charge is 0.123 e. The molecule has 3 aromatic rings. The van der Waals surface area contributed by atoms with E-state index < -0.39 is 6.10 Å². The van der Waals surface area contributed by atoms with Crippen LogP contribution in [0.25, 0.3) is 0 Å². The number of rotatable bonds is 10. The van der Waals surface area contributed by atoms with Gasteiger partial charge < -0.3 is 15.2 Å². The van der Waals surface area contributed by atoms with Crippen molar-refractivity contribution in [1.29, 1.82) is 0 Å². The van der Waals surface area contributed by atoms with Crippen molar-refractivity contribution in [3.05, 3.63) is 102 Å². The van der Waals surface area contributed by atoms with E-state index in [4.69, 9.17) is 4.74 Å². The molecule has 1 aliphatic heterocycles. The van der Waals surface area contributed by atoms with Gasteiger partial charge in [-0.15, -0.1) is 0 Å². The molecule has 0 bridgehead atoms. The highest BCUT2D eigenvalue weighted by molar-refractivity contribution is 5.33. The zero-order chi connectivity index (χ0) is 22.9. The maximum Gasteiger partial charge on any atom is 0.123 e. The fourth-order valence-electron chi connectivity index (χ4n) is 5.04. The minimum atomic E-state index is -0.398. The van der Waals surface area contributed by atoms with Crippen molar-refractivity contribution in [2.75, 3.05) is 20.2 Å². The van der Waals surface area contributed by atoms with E-state index in [1.54, 1.807) is 7.11 Å². The first-order valence-electron chi connectivity index (χ1n) is 12.1. The first kappa shape index (κ1) is 23.5. The van der Waals surface area contributed by atoms with Crippen LogP contribution in [0.4, 0.5) is 0 Å². The molecule has 1 fully saturated rings. The molecular formula is C29H36N2O2. The van der Waals surface area contributed by atoms with Crippen molar-refractivity contribution < 1.29 is 9.84 Å². The molecule has 0 radical (unpaired) electrons. The Hall–Kier alpha value is -2.66. The van der Waals surface area contributed by atoms with Crippen molar-refractivity contribution in [3.63, 3.8) is 0 Å². The van der Waals surface area contributed by atoms with Gasteiger partial charge in [0.25, 0.3) is 0 Å². The number of nitrogens with one attached hydrogen (secondary N) is 1. The number of likely N-dealkylation sites (tertiary alicyclic amines) is 1. The number of nitrogens with zero attached hydrogens (tertiary/aromatic N) is 1. The minimum absolute atomic E-state index is 0.323. The Morgan fingerprint density at radius 1 is 0.970 bits per heavy atom. The molecule has 0 aliphatic carbocycles. The molecule has 174 valence electrons. The molecule has 4 nitrogen and oxygen atoms in total. The second kappa shape index (κ2) is 12.0. The van der Waals surface area contributed by atoms with Crippen LogP contribution in [0.1, 0.15) is 54.5 Å². The molecule has 1 aliphatic rings. The average Bonchev–Trinajstić information content (AvgIpc) is 2.88. The lowest BCUT2D eigenvalue weighted by molar-refractivity contribution is 0.0979. The van der Waals surface area contributed by atoms with E-state index in [0.717, 1.165) is 50.2 Å². The lowest BCUT2D eigenvalue weighted by Gasteiger charge is -2.42. The molecule has 0 aromatic heterocycles. The lowest BCUT2D eigenvalue weighted by atomic mass is 9.89. The van der Waals surface area contributed by atoms with Gasteiger partial charge in [0, 0.05) is 18.2 Å². The highest BCUT2D eigenvalue weighted by Gasteiger charge is 2.32. The van der Waals surface area contributed by atoms with E-state index in [2.05, 4.69) is 52.7 Å². The van der Waals surface area contributed by atoms with Crippen molar-refractivity contribution >= 4 is 0 Å². The third-order valence-corrected chi connectivity index (χ3v) is 6.73. The van der Waals surface area contributed by atoms with E-state index in [9.17, 15) is 5.11 Å². The summed E-state index contributed by atoms with van der Waals surface area (Å²) < 4.78 is 5.56. The number of hydrogen-bond acceptors (Lipinski definition) is 4. The van der Waals surface area contributed by atoms with Crippen LogP contribution in [0, 0.1) is 0 Å². The van der Waals surface area contributed by atoms with Crippen molar-refractivity contribution in [3.8, 4) is 5.75 Å². The van der Waals surface area contributed by atoms with Gasteiger partial charge in [-0.2, -0.15) is 0 Å². The molecule has 0 spiro atoms. The predicted octanol–water partition coefficient (Wildman–Crippen LogP) is 5.50. The third kappa shape index (κ3) is 6.23. The Balaban J connectivity index is 1.43. The van der Waals surface area contributed by atoms with E-state index in [0.29, 0.717) is 12.1 Å². The van der Waals surface area contributed by atoms with Gasteiger partial charge in [0.1, 0.15) is 5.75 Å². The molecule has 0 amide bonds. The number of para-hydroxylation sites is 1. The van der Waals surface area contributed by atoms with Crippen molar-refractivity contribution in [1.82, 2.24) is 10.2 Å². The van der Waals surface area contributed by atoms with Gasteiger partial charge in [-0.25, -0.2) is 0 Å². The standard InChI is InChI=1S/C29H36N2O2/c1-33-28-19-9-8-16-25(28)22-30-26-17-10-20-31(29(26)24-14-6-3-7-15-24)21-11-18-27(32)23-12-4-2-5-13-23/h2-9,12-16,19,26-27,29-30,32H,10-11,17-18,20-22H2,1H3/t26-,27?,29-/m0/s1. The summed E-state index contributed by atoms with van der Waals surface area (Å²) in [6.07, 6.45) is 3.68. The highest BCUT2D eigenvalue weighted by Crippen LogP contribution is 2.32. The fraction of sp³-hybridized carbons (Fsp3) is 0.379. The van der Waals surface area contributed by atoms with Crippen molar-refractivity contribution in [2.45, 2.75) is 50.4 Å². The van der Waals surface area contributed by atoms with Crippen LogP contribution >= 0.6 is 0 Å². The Morgan fingerprint density at radius 2 is 1.67 bits per heavy atom. The molecular weight excluding hydrogens is 408 g/mol. The van der Waals surface area contributed by atoms with Crippen LogP contribution in [-0.2, 0) is 6.54 Å². The van der Waals surface area contributed by atoms with Gasteiger partial charge in [-0.1, -0.05) is 78.9 Å². The largest absolute Gasteiger partial charge is 0.496 e. The summed E-state index contributed by atoms with van der Waals surface area (Å²) in [4.78, 5) is 2.61. The molecule has 33 heavy (non-hydrogen) atoms. The number of aliphatic hydroxyl groups excluding tert-OH is 1. The van der Waals surface area contributed by atoms with Crippen LogP contribution in [0.5, 0.6) is 5.75 Å². The quantitative estimate of drug-likeness (QED) is 0.433. The molecule has 3 atom stereocenters. The van der Waals surface area contributed by atoms with Gasteiger partial charge in [0.05, 0.1) is 19.3 Å². The van der Waals surface area contributed by atoms with Gasteiger partial charge in [-0.05, 0) is 56.0 Å². The van der Waals surface area contributed by atoms with Crippen LogP contribution in [0.2, 0.25) is 0 Å². The first-order chi connectivity index (χ1) is 16.3. The second-order valence-corrected chi connectivity index (χ2v) is 8.90. The third-order valence-electron chi connectivity index (χ3n) is 6.73. The highest BCUT2D eigenvalue weighted by atomic mass is 16.5. The summed E-state index contributed by atoms with van der Waals surface area (Å²) in [5.41, 5.74) is 3.56. The van der Waals surface area contributed by atoms with Crippen LogP contribution in [0.3, 0.4) is 0 Å². The number of methoxy groups -OCH3 is 1. The summed E-state index contributed by atoms with van der Waals surface area (Å²) in [5, 5.41) is 14.4. The molecule has 1 heterocycles. The number of benzene rings is 3. The number of ether oxygens (including phenoxy) is 1. The molecule has 4 rings (SSSR count).